The molecule has 2 fully saturated rings. The van der Waals surface area contributed by atoms with Gasteiger partial charge in [0, 0.05) is 16.0 Å². The van der Waals surface area contributed by atoms with E-state index in [2.05, 4.69) is 4.99 Å². The molecule has 0 radical (unpaired) electrons. The molecule has 2 aliphatic heterocycles. The monoisotopic (exact) mass is 448 g/mol. The highest BCUT2D eigenvalue weighted by atomic mass is 35.5. The van der Waals surface area contributed by atoms with Crippen LogP contribution in [0, 0.1) is 13.8 Å². The molecule has 2 aliphatic rings. The van der Waals surface area contributed by atoms with Crippen LogP contribution in [0.3, 0.4) is 0 Å². The second kappa shape index (κ2) is 7.78. The van der Waals surface area contributed by atoms with Crippen molar-refractivity contribution >= 4 is 50.0 Å². The summed E-state index contributed by atoms with van der Waals surface area (Å²) >= 11 is 7.56. The fourth-order valence-electron chi connectivity index (χ4n) is 3.78. The maximum atomic E-state index is 12.7. The van der Waals surface area contributed by atoms with Gasteiger partial charge in [-0.3, -0.25) is 4.79 Å². The lowest BCUT2D eigenvalue weighted by molar-refractivity contribution is -0.117. The third-order valence-electron chi connectivity index (χ3n) is 5.21. The van der Waals surface area contributed by atoms with E-state index in [9.17, 15) is 13.2 Å². The van der Waals surface area contributed by atoms with Crippen LogP contribution >= 0.6 is 23.4 Å². The van der Waals surface area contributed by atoms with Crippen molar-refractivity contribution in [1.82, 2.24) is 0 Å². The molecule has 2 saturated heterocycles. The first kappa shape index (κ1) is 20.4. The summed E-state index contributed by atoms with van der Waals surface area (Å²) in [5, 5.41) is 0.988. The Morgan fingerprint density at radius 3 is 2.72 bits per heavy atom. The number of benzene rings is 2. The number of rotatable bonds is 3. The summed E-state index contributed by atoms with van der Waals surface area (Å²) in [7, 11) is -3.10. The van der Waals surface area contributed by atoms with Crippen LogP contribution in [-0.2, 0) is 21.1 Å². The molecular formula is C21H21ClN2O3S2. The van der Waals surface area contributed by atoms with E-state index in [1.54, 1.807) is 6.07 Å². The van der Waals surface area contributed by atoms with Crippen LogP contribution in [0.1, 0.15) is 16.7 Å². The number of carbonyl (C=O) groups excluding carboxylic acids is 1. The molecule has 2 aromatic carbocycles. The van der Waals surface area contributed by atoms with Gasteiger partial charge in [-0.2, -0.15) is 4.99 Å². The van der Waals surface area contributed by atoms with Gasteiger partial charge in [0.15, 0.2) is 15.0 Å². The van der Waals surface area contributed by atoms with Gasteiger partial charge in [0.2, 0.25) is 0 Å². The summed E-state index contributed by atoms with van der Waals surface area (Å²) in [5.74, 6) is -0.101. The summed E-state index contributed by atoms with van der Waals surface area (Å²) in [5.41, 5.74) is 3.73. The predicted molar refractivity (Wildman–Crippen MR) is 120 cm³/mol. The molecule has 0 aromatic heterocycles. The van der Waals surface area contributed by atoms with Crippen molar-refractivity contribution in [3.8, 4) is 0 Å². The molecule has 0 N–H and O–H groups in total. The van der Waals surface area contributed by atoms with Crippen molar-refractivity contribution in [3.63, 3.8) is 0 Å². The molecule has 0 aliphatic carbocycles. The molecule has 2 heterocycles. The Labute approximate surface area is 180 Å². The molecule has 0 unspecified atom stereocenters. The van der Waals surface area contributed by atoms with E-state index < -0.39 is 9.84 Å². The van der Waals surface area contributed by atoms with E-state index in [1.807, 2.05) is 55.1 Å². The van der Waals surface area contributed by atoms with Crippen LogP contribution in [0.5, 0.6) is 0 Å². The van der Waals surface area contributed by atoms with E-state index in [1.165, 1.54) is 11.8 Å². The van der Waals surface area contributed by atoms with E-state index in [0.29, 0.717) is 10.2 Å². The SMILES string of the molecule is Cc1ccc(C)c(N2C(=NC(=O)Cc3ccccc3Cl)S[C@@H]3CS(=O)(=O)C[C@H]32)c1. The summed E-state index contributed by atoms with van der Waals surface area (Å²) in [6.07, 6.45) is 0.109. The molecule has 2 atom stereocenters. The van der Waals surface area contributed by atoms with Crippen molar-refractivity contribution in [2.24, 2.45) is 4.99 Å². The van der Waals surface area contributed by atoms with Gasteiger partial charge in [0.05, 0.1) is 24.0 Å². The summed E-state index contributed by atoms with van der Waals surface area (Å²) < 4.78 is 24.4. The van der Waals surface area contributed by atoms with E-state index >= 15 is 0 Å². The van der Waals surface area contributed by atoms with Crippen molar-refractivity contribution < 1.29 is 13.2 Å². The van der Waals surface area contributed by atoms with Crippen molar-refractivity contribution in [3.05, 3.63) is 64.2 Å². The number of sulfone groups is 1. The Hall–Kier alpha value is -1.83. The molecule has 5 nitrogen and oxygen atoms in total. The zero-order chi connectivity index (χ0) is 20.8. The first-order valence-corrected chi connectivity index (χ1v) is 12.4. The van der Waals surface area contributed by atoms with Crippen LogP contribution in [0.2, 0.25) is 5.02 Å². The predicted octanol–water partition coefficient (Wildman–Crippen LogP) is 3.80. The van der Waals surface area contributed by atoms with Gasteiger partial charge in [-0.1, -0.05) is 53.7 Å². The number of carbonyl (C=O) groups is 1. The number of amides is 1. The Balaban J connectivity index is 1.70. The summed E-state index contributed by atoms with van der Waals surface area (Å²) in [6.45, 7) is 3.98. The van der Waals surface area contributed by atoms with Gasteiger partial charge >= 0.3 is 0 Å². The lowest BCUT2D eigenvalue weighted by atomic mass is 10.1. The number of hydrogen-bond donors (Lipinski definition) is 0. The third-order valence-corrected chi connectivity index (χ3v) is 8.79. The molecule has 0 saturated carbocycles. The Morgan fingerprint density at radius 2 is 1.97 bits per heavy atom. The highest BCUT2D eigenvalue weighted by Crippen LogP contribution is 2.42. The van der Waals surface area contributed by atoms with E-state index in [-0.39, 0.29) is 35.1 Å². The number of fused-ring (bicyclic) bond motifs is 1. The molecule has 29 heavy (non-hydrogen) atoms. The minimum absolute atomic E-state index is 0.0791. The third kappa shape index (κ3) is 4.22. The van der Waals surface area contributed by atoms with E-state index in [4.69, 9.17) is 11.6 Å². The molecule has 0 spiro atoms. The highest BCUT2D eigenvalue weighted by Gasteiger charge is 2.49. The number of halogens is 1. The molecular weight excluding hydrogens is 428 g/mol. The number of aliphatic imine (C=N–C) groups is 1. The van der Waals surface area contributed by atoms with Crippen LogP contribution in [0.4, 0.5) is 5.69 Å². The Morgan fingerprint density at radius 1 is 1.21 bits per heavy atom. The zero-order valence-electron chi connectivity index (χ0n) is 16.1. The van der Waals surface area contributed by atoms with Crippen LogP contribution in [-0.4, -0.2) is 42.3 Å². The Bertz CT molecular complexity index is 1110. The van der Waals surface area contributed by atoms with Gasteiger partial charge in [-0.05, 0) is 42.7 Å². The van der Waals surface area contributed by atoms with Gasteiger partial charge in [-0.15, -0.1) is 0 Å². The number of aryl methyl sites for hydroxylation is 2. The molecule has 4 rings (SSSR count). The number of thioether (sulfide) groups is 1. The number of hydrogen-bond acceptors (Lipinski definition) is 4. The van der Waals surface area contributed by atoms with Gasteiger partial charge in [0.25, 0.3) is 5.91 Å². The molecule has 2 aromatic rings. The largest absolute Gasteiger partial charge is 0.315 e. The second-order valence-corrected chi connectivity index (χ2v) is 11.3. The minimum atomic E-state index is -3.10. The second-order valence-electron chi connectivity index (χ2n) is 7.52. The molecule has 0 bridgehead atoms. The standard InChI is InChI=1S/C21H21ClN2O3S2/c1-13-7-8-14(2)17(9-13)24-18-11-29(26,27)12-19(18)28-21(24)23-20(25)10-15-5-3-4-6-16(15)22/h3-9,18-19H,10-12H2,1-2H3/t18-,19-/m1/s1. The topological polar surface area (TPSA) is 66.8 Å². The smallest absolute Gasteiger partial charge is 0.252 e. The van der Waals surface area contributed by atoms with Crippen LogP contribution < -0.4 is 4.90 Å². The lowest BCUT2D eigenvalue weighted by Crippen LogP contribution is -2.38. The van der Waals surface area contributed by atoms with Crippen molar-refractivity contribution in [2.45, 2.75) is 31.6 Å². The fraction of sp³-hybridized carbons (Fsp3) is 0.333. The lowest BCUT2D eigenvalue weighted by Gasteiger charge is -2.26. The maximum absolute atomic E-state index is 12.7. The van der Waals surface area contributed by atoms with E-state index in [0.717, 1.165) is 22.4 Å². The zero-order valence-corrected chi connectivity index (χ0v) is 18.5. The Kier molecular flexibility index (Phi) is 5.48. The first-order valence-electron chi connectivity index (χ1n) is 9.32. The molecule has 152 valence electrons. The summed E-state index contributed by atoms with van der Waals surface area (Å²) in [6, 6.07) is 13.1. The first-order chi connectivity index (χ1) is 13.7. The molecule has 1 amide bonds. The van der Waals surface area contributed by atoms with Gasteiger partial charge in [-0.25, -0.2) is 8.42 Å². The fourth-order valence-corrected chi connectivity index (χ4v) is 7.90. The normalized spacial score (nSPS) is 24.1. The number of anilines is 1. The quantitative estimate of drug-likeness (QED) is 0.714. The molecule has 8 heteroatoms. The van der Waals surface area contributed by atoms with Gasteiger partial charge < -0.3 is 4.90 Å². The average molecular weight is 449 g/mol. The number of nitrogens with zero attached hydrogens (tertiary/aromatic N) is 2. The highest BCUT2D eigenvalue weighted by molar-refractivity contribution is 8.16. The van der Waals surface area contributed by atoms with Crippen LogP contribution in [0.15, 0.2) is 47.5 Å². The number of amidine groups is 1. The van der Waals surface area contributed by atoms with Gasteiger partial charge in [0.1, 0.15) is 0 Å². The minimum Gasteiger partial charge on any atom is -0.315 e. The maximum Gasteiger partial charge on any atom is 0.252 e. The summed E-state index contributed by atoms with van der Waals surface area (Å²) in [4.78, 5) is 19.0. The average Bonchev–Trinajstić information content (AvgIpc) is 3.10. The van der Waals surface area contributed by atoms with Crippen molar-refractivity contribution in [1.29, 1.82) is 0 Å². The van der Waals surface area contributed by atoms with Crippen molar-refractivity contribution in [2.75, 3.05) is 16.4 Å². The van der Waals surface area contributed by atoms with Crippen LogP contribution in [0.25, 0.3) is 0 Å².